The van der Waals surface area contributed by atoms with Crippen LogP contribution in [0.15, 0.2) is 0 Å². The van der Waals surface area contributed by atoms with E-state index in [1.54, 1.807) is 20.8 Å². The Hall–Kier alpha value is -0.580. The van der Waals surface area contributed by atoms with Crippen LogP contribution in [0.5, 0.6) is 0 Å². The second kappa shape index (κ2) is 4.77. The summed E-state index contributed by atoms with van der Waals surface area (Å²) in [5.41, 5.74) is -0.721. The lowest BCUT2D eigenvalue weighted by Crippen LogP contribution is -2.40. The maximum absolute atomic E-state index is 12.0. The summed E-state index contributed by atoms with van der Waals surface area (Å²) >= 11 is 0. The summed E-state index contributed by atoms with van der Waals surface area (Å²) in [6.45, 7) is 4.36. The standard InChI is InChI=1S/C9H16F3NO/c1-4-13(6-9(10,11)12)5-8(2,3)7-14/h7H,4-6H2,1-3H3. The summed E-state index contributed by atoms with van der Waals surface area (Å²) in [4.78, 5) is 11.8. The molecular weight excluding hydrogens is 195 g/mol. The third-order valence-corrected chi connectivity index (χ3v) is 1.80. The molecule has 0 amide bonds. The highest BCUT2D eigenvalue weighted by atomic mass is 19.4. The number of hydrogen-bond acceptors (Lipinski definition) is 2. The molecule has 0 saturated carbocycles. The van der Waals surface area contributed by atoms with Crippen LogP contribution >= 0.6 is 0 Å². The van der Waals surface area contributed by atoms with Crippen LogP contribution < -0.4 is 0 Å². The van der Waals surface area contributed by atoms with Gasteiger partial charge in [-0.2, -0.15) is 13.2 Å². The minimum Gasteiger partial charge on any atom is -0.303 e. The van der Waals surface area contributed by atoms with Crippen molar-refractivity contribution in [2.24, 2.45) is 5.41 Å². The molecule has 0 heterocycles. The van der Waals surface area contributed by atoms with Crippen molar-refractivity contribution in [3.63, 3.8) is 0 Å². The molecule has 0 spiro atoms. The van der Waals surface area contributed by atoms with Crippen molar-refractivity contribution in [1.29, 1.82) is 0 Å². The Morgan fingerprint density at radius 3 is 2.00 bits per heavy atom. The van der Waals surface area contributed by atoms with Crippen molar-refractivity contribution in [2.45, 2.75) is 26.9 Å². The van der Waals surface area contributed by atoms with Crippen molar-refractivity contribution in [2.75, 3.05) is 19.6 Å². The van der Waals surface area contributed by atoms with Crippen molar-refractivity contribution in [1.82, 2.24) is 4.90 Å². The minimum atomic E-state index is -4.20. The number of aldehydes is 1. The van der Waals surface area contributed by atoms with E-state index in [1.165, 1.54) is 4.90 Å². The van der Waals surface area contributed by atoms with Crippen LogP contribution in [-0.2, 0) is 4.79 Å². The third kappa shape index (κ3) is 5.96. The van der Waals surface area contributed by atoms with E-state index in [9.17, 15) is 18.0 Å². The molecule has 5 heteroatoms. The smallest absolute Gasteiger partial charge is 0.303 e. The summed E-state index contributed by atoms with van der Waals surface area (Å²) < 4.78 is 36.1. The molecule has 0 rings (SSSR count). The van der Waals surface area contributed by atoms with E-state index in [4.69, 9.17) is 0 Å². The van der Waals surface area contributed by atoms with Crippen molar-refractivity contribution >= 4 is 6.29 Å². The number of nitrogens with zero attached hydrogens (tertiary/aromatic N) is 1. The predicted octanol–water partition coefficient (Wildman–Crippen LogP) is 2.10. The van der Waals surface area contributed by atoms with Crippen LogP contribution in [0.3, 0.4) is 0 Å². The molecule has 0 aliphatic heterocycles. The highest BCUT2D eigenvalue weighted by Gasteiger charge is 2.32. The molecule has 0 radical (unpaired) electrons. The van der Waals surface area contributed by atoms with Crippen LogP contribution in [0, 0.1) is 5.41 Å². The Morgan fingerprint density at radius 1 is 1.21 bits per heavy atom. The molecule has 2 nitrogen and oxygen atoms in total. The molecule has 0 fully saturated rings. The van der Waals surface area contributed by atoms with E-state index in [2.05, 4.69) is 0 Å². The van der Waals surface area contributed by atoms with Gasteiger partial charge in [-0.25, -0.2) is 0 Å². The molecule has 0 atom stereocenters. The van der Waals surface area contributed by atoms with Crippen molar-refractivity contribution in [3.8, 4) is 0 Å². The Labute approximate surface area is 82.1 Å². The summed E-state index contributed by atoms with van der Waals surface area (Å²) in [7, 11) is 0. The Balaban J connectivity index is 4.23. The lowest BCUT2D eigenvalue weighted by atomic mass is 9.95. The van der Waals surface area contributed by atoms with Crippen LogP contribution in [-0.4, -0.2) is 37.0 Å². The molecule has 0 aliphatic carbocycles. The average Bonchev–Trinajstić information content (AvgIpc) is 2.00. The zero-order valence-corrected chi connectivity index (χ0v) is 8.69. The number of alkyl halides is 3. The summed E-state index contributed by atoms with van der Waals surface area (Å²) in [6, 6.07) is 0. The zero-order chi connectivity index (χ0) is 11.4. The van der Waals surface area contributed by atoms with Gasteiger partial charge in [0.05, 0.1) is 6.54 Å². The molecule has 0 bridgehead atoms. The molecule has 0 aromatic rings. The minimum absolute atomic E-state index is 0.131. The van der Waals surface area contributed by atoms with E-state index in [0.717, 1.165) is 0 Å². The number of carbonyl (C=O) groups excluding carboxylic acids is 1. The van der Waals surface area contributed by atoms with E-state index in [0.29, 0.717) is 6.29 Å². The first-order valence-corrected chi connectivity index (χ1v) is 4.45. The first-order chi connectivity index (χ1) is 6.20. The molecule has 0 saturated heterocycles. The summed E-state index contributed by atoms with van der Waals surface area (Å²) in [5.74, 6) is 0. The van der Waals surface area contributed by atoms with E-state index in [-0.39, 0.29) is 13.1 Å². The van der Waals surface area contributed by atoms with E-state index >= 15 is 0 Å². The second-order valence-electron chi connectivity index (χ2n) is 4.02. The molecule has 0 aromatic heterocycles. The first-order valence-electron chi connectivity index (χ1n) is 4.45. The van der Waals surface area contributed by atoms with Gasteiger partial charge in [0, 0.05) is 12.0 Å². The van der Waals surface area contributed by atoms with Gasteiger partial charge in [-0.3, -0.25) is 4.90 Å². The van der Waals surface area contributed by atoms with Gasteiger partial charge in [0.1, 0.15) is 6.29 Å². The zero-order valence-electron chi connectivity index (χ0n) is 8.69. The van der Waals surface area contributed by atoms with Crippen LogP contribution in [0.1, 0.15) is 20.8 Å². The largest absolute Gasteiger partial charge is 0.401 e. The first kappa shape index (κ1) is 13.4. The Bertz CT molecular complexity index is 189. The quantitative estimate of drug-likeness (QED) is 0.649. The molecular formula is C9H16F3NO. The van der Waals surface area contributed by atoms with Gasteiger partial charge in [0.25, 0.3) is 0 Å². The van der Waals surface area contributed by atoms with Gasteiger partial charge in [-0.1, -0.05) is 20.8 Å². The second-order valence-corrected chi connectivity index (χ2v) is 4.02. The van der Waals surface area contributed by atoms with Crippen molar-refractivity contribution < 1.29 is 18.0 Å². The van der Waals surface area contributed by atoms with Gasteiger partial charge in [0.15, 0.2) is 0 Å². The Morgan fingerprint density at radius 2 is 1.71 bits per heavy atom. The molecule has 0 aromatic carbocycles. The SMILES string of the molecule is CCN(CC(F)(F)F)CC(C)(C)C=O. The molecule has 0 unspecified atom stereocenters. The molecule has 0 N–H and O–H groups in total. The van der Waals surface area contributed by atoms with Crippen molar-refractivity contribution in [3.05, 3.63) is 0 Å². The summed E-state index contributed by atoms with van der Waals surface area (Å²) in [6.07, 6.45) is -3.51. The van der Waals surface area contributed by atoms with E-state index < -0.39 is 18.1 Å². The van der Waals surface area contributed by atoms with Crippen LogP contribution in [0.25, 0.3) is 0 Å². The molecule has 14 heavy (non-hydrogen) atoms. The maximum Gasteiger partial charge on any atom is 0.401 e. The average molecular weight is 211 g/mol. The lowest BCUT2D eigenvalue weighted by molar-refractivity contribution is -0.149. The molecule has 84 valence electrons. The number of halogens is 3. The van der Waals surface area contributed by atoms with Gasteiger partial charge >= 0.3 is 6.18 Å². The third-order valence-electron chi connectivity index (χ3n) is 1.80. The monoisotopic (exact) mass is 211 g/mol. The molecule has 0 aliphatic rings. The highest BCUT2D eigenvalue weighted by Crippen LogP contribution is 2.20. The maximum atomic E-state index is 12.0. The fraction of sp³-hybridized carbons (Fsp3) is 0.889. The number of rotatable bonds is 5. The van der Waals surface area contributed by atoms with Gasteiger partial charge in [-0.05, 0) is 6.54 Å². The summed E-state index contributed by atoms with van der Waals surface area (Å²) in [5, 5.41) is 0. The van der Waals surface area contributed by atoms with E-state index in [1.807, 2.05) is 0 Å². The Kier molecular flexibility index (Phi) is 4.58. The number of carbonyl (C=O) groups is 1. The van der Waals surface area contributed by atoms with Gasteiger partial charge in [-0.15, -0.1) is 0 Å². The van der Waals surface area contributed by atoms with Crippen LogP contribution in [0.2, 0.25) is 0 Å². The normalized spacial score (nSPS) is 13.4. The fourth-order valence-corrected chi connectivity index (χ4v) is 1.15. The van der Waals surface area contributed by atoms with Gasteiger partial charge in [0.2, 0.25) is 0 Å². The predicted molar refractivity (Wildman–Crippen MR) is 48.0 cm³/mol. The lowest BCUT2D eigenvalue weighted by Gasteiger charge is -2.28. The number of hydrogen-bond donors (Lipinski definition) is 0. The van der Waals surface area contributed by atoms with Gasteiger partial charge < -0.3 is 4.79 Å². The topological polar surface area (TPSA) is 20.3 Å². The highest BCUT2D eigenvalue weighted by molar-refractivity contribution is 5.58. The fourth-order valence-electron chi connectivity index (χ4n) is 1.15. The van der Waals surface area contributed by atoms with Crippen LogP contribution in [0.4, 0.5) is 13.2 Å².